The van der Waals surface area contributed by atoms with Gasteiger partial charge in [-0.05, 0) is 25.2 Å². The molecule has 1 heterocycles. The Labute approximate surface area is 127 Å². The number of carbonyl (C=O) groups excluding carboxylic acids is 1. The van der Waals surface area contributed by atoms with E-state index in [-0.39, 0.29) is 5.91 Å². The Balaban J connectivity index is 2.11. The topological polar surface area (TPSA) is 58.1 Å². The van der Waals surface area contributed by atoms with Crippen molar-refractivity contribution in [2.75, 3.05) is 18.9 Å². The molecule has 1 N–H and O–H groups in total. The standard InChI is InChI=1S/C16H26N4O/c1-12(2)8-9-20(13-6-4-5-7-13)16(21)14-10-19-15(17-3)11-18-14/h10-13H,4-9H2,1-3H3,(H,17,19). The SMILES string of the molecule is CNc1cnc(C(=O)N(CCC(C)C)C2CCCC2)cn1. The van der Waals surface area contributed by atoms with E-state index in [0.29, 0.717) is 23.5 Å². The second-order valence-corrected chi connectivity index (χ2v) is 6.16. The quantitative estimate of drug-likeness (QED) is 0.875. The van der Waals surface area contributed by atoms with Crippen LogP contribution in [0, 0.1) is 5.92 Å². The van der Waals surface area contributed by atoms with Gasteiger partial charge in [0, 0.05) is 19.6 Å². The predicted molar refractivity (Wildman–Crippen MR) is 84.3 cm³/mol. The summed E-state index contributed by atoms with van der Waals surface area (Å²) in [6, 6.07) is 0.377. The smallest absolute Gasteiger partial charge is 0.274 e. The molecular formula is C16H26N4O. The molecule has 2 rings (SSSR count). The summed E-state index contributed by atoms with van der Waals surface area (Å²) in [7, 11) is 1.79. The van der Waals surface area contributed by atoms with E-state index in [9.17, 15) is 4.79 Å². The van der Waals surface area contributed by atoms with Crippen LogP contribution in [-0.2, 0) is 0 Å². The van der Waals surface area contributed by atoms with Crippen LogP contribution in [0.1, 0.15) is 56.4 Å². The molecule has 0 saturated heterocycles. The van der Waals surface area contributed by atoms with Crippen LogP contribution in [-0.4, -0.2) is 40.4 Å². The normalized spacial score (nSPS) is 15.4. The van der Waals surface area contributed by atoms with E-state index in [0.717, 1.165) is 25.8 Å². The predicted octanol–water partition coefficient (Wildman–Crippen LogP) is 2.95. The molecule has 0 radical (unpaired) electrons. The number of anilines is 1. The zero-order valence-corrected chi connectivity index (χ0v) is 13.3. The summed E-state index contributed by atoms with van der Waals surface area (Å²) in [5.74, 6) is 1.30. The van der Waals surface area contributed by atoms with Gasteiger partial charge in [-0.2, -0.15) is 0 Å². The van der Waals surface area contributed by atoms with Gasteiger partial charge >= 0.3 is 0 Å². The van der Waals surface area contributed by atoms with Crippen LogP contribution in [0.5, 0.6) is 0 Å². The third-order valence-corrected chi connectivity index (χ3v) is 4.10. The molecule has 1 fully saturated rings. The molecule has 0 bridgehead atoms. The highest BCUT2D eigenvalue weighted by Gasteiger charge is 2.28. The fraction of sp³-hybridized carbons (Fsp3) is 0.688. The van der Waals surface area contributed by atoms with Crippen LogP contribution in [0.2, 0.25) is 0 Å². The highest BCUT2D eigenvalue weighted by Crippen LogP contribution is 2.25. The molecule has 116 valence electrons. The third kappa shape index (κ3) is 4.16. The second kappa shape index (κ2) is 7.38. The number of hydrogen-bond acceptors (Lipinski definition) is 4. The molecule has 5 heteroatoms. The van der Waals surface area contributed by atoms with Gasteiger partial charge < -0.3 is 10.2 Å². The summed E-state index contributed by atoms with van der Waals surface area (Å²) in [4.78, 5) is 23.2. The van der Waals surface area contributed by atoms with Gasteiger partial charge in [0.05, 0.1) is 12.4 Å². The summed E-state index contributed by atoms with van der Waals surface area (Å²) in [5, 5.41) is 2.92. The average molecular weight is 290 g/mol. The number of hydrogen-bond donors (Lipinski definition) is 1. The first-order valence-electron chi connectivity index (χ1n) is 7.92. The molecule has 5 nitrogen and oxygen atoms in total. The Hall–Kier alpha value is -1.65. The van der Waals surface area contributed by atoms with Gasteiger partial charge in [0.25, 0.3) is 5.91 Å². The van der Waals surface area contributed by atoms with Gasteiger partial charge in [0.2, 0.25) is 0 Å². The van der Waals surface area contributed by atoms with E-state index in [1.165, 1.54) is 12.8 Å². The summed E-state index contributed by atoms with van der Waals surface area (Å²) >= 11 is 0. The first-order chi connectivity index (χ1) is 10.1. The van der Waals surface area contributed by atoms with Crippen molar-refractivity contribution in [2.24, 2.45) is 5.92 Å². The van der Waals surface area contributed by atoms with Crippen molar-refractivity contribution < 1.29 is 4.79 Å². The Morgan fingerprint density at radius 1 is 1.33 bits per heavy atom. The zero-order valence-electron chi connectivity index (χ0n) is 13.3. The number of aromatic nitrogens is 2. The van der Waals surface area contributed by atoms with Crippen LogP contribution < -0.4 is 5.32 Å². The van der Waals surface area contributed by atoms with Gasteiger partial charge in [0.15, 0.2) is 0 Å². The Morgan fingerprint density at radius 3 is 2.57 bits per heavy atom. The van der Waals surface area contributed by atoms with Crippen LogP contribution in [0.4, 0.5) is 5.82 Å². The monoisotopic (exact) mass is 290 g/mol. The van der Waals surface area contributed by atoms with Crippen LogP contribution in [0.15, 0.2) is 12.4 Å². The maximum Gasteiger partial charge on any atom is 0.274 e. The van der Waals surface area contributed by atoms with E-state index < -0.39 is 0 Å². The van der Waals surface area contributed by atoms with Crippen molar-refractivity contribution >= 4 is 11.7 Å². The Bertz CT molecular complexity index is 452. The Kier molecular flexibility index (Phi) is 5.53. The first-order valence-corrected chi connectivity index (χ1v) is 7.92. The molecule has 1 saturated carbocycles. The van der Waals surface area contributed by atoms with Gasteiger partial charge in [-0.25, -0.2) is 9.97 Å². The highest BCUT2D eigenvalue weighted by atomic mass is 16.2. The van der Waals surface area contributed by atoms with E-state index in [2.05, 4.69) is 29.1 Å². The largest absolute Gasteiger partial charge is 0.372 e. The molecular weight excluding hydrogens is 264 g/mol. The van der Waals surface area contributed by atoms with Gasteiger partial charge in [-0.3, -0.25) is 4.79 Å². The summed E-state index contributed by atoms with van der Waals surface area (Å²) in [6.07, 6.45) is 8.90. The summed E-state index contributed by atoms with van der Waals surface area (Å²) < 4.78 is 0. The molecule has 1 aromatic rings. The van der Waals surface area contributed by atoms with Gasteiger partial charge in [0.1, 0.15) is 11.5 Å². The van der Waals surface area contributed by atoms with Gasteiger partial charge in [-0.15, -0.1) is 0 Å². The highest BCUT2D eigenvalue weighted by molar-refractivity contribution is 5.92. The lowest BCUT2D eigenvalue weighted by molar-refractivity contribution is 0.0665. The van der Waals surface area contributed by atoms with Gasteiger partial charge in [-0.1, -0.05) is 26.7 Å². The fourth-order valence-corrected chi connectivity index (χ4v) is 2.78. The minimum atomic E-state index is 0.0257. The van der Waals surface area contributed by atoms with Crippen molar-refractivity contribution in [2.45, 2.75) is 52.0 Å². The first kappa shape index (κ1) is 15.7. The molecule has 1 aromatic heterocycles. The number of nitrogens with one attached hydrogen (secondary N) is 1. The van der Waals surface area contributed by atoms with Crippen molar-refractivity contribution in [3.63, 3.8) is 0 Å². The molecule has 0 spiro atoms. The lowest BCUT2D eigenvalue weighted by Gasteiger charge is -2.29. The van der Waals surface area contributed by atoms with E-state index in [1.54, 1.807) is 19.4 Å². The fourth-order valence-electron chi connectivity index (χ4n) is 2.78. The molecule has 1 amide bonds. The van der Waals surface area contributed by atoms with E-state index in [1.807, 2.05) is 4.90 Å². The lowest BCUT2D eigenvalue weighted by Crippen LogP contribution is -2.40. The molecule has 1 aliphatic rings. The molecule has 0 aliphatic heterocycles. The van der Waals surface area contributed by atoms with Crippen LogP contribution >= 0.6 is 0 Å². The number of amides is 1. The maximum atomic E-state index is 12.7. The number of carbonyl (C=O) groups is 1. The molecule has 1 aliphatic carbocycles. The van der Waals surface area contributed by atoms with Crippen molar-refractivity contribution in [3.05, 3.63) is 18.1 Å². The van der Waals surface area contributed by atoms with Crippen molar-refractivity contribution in [3.8, 4) is 0 Å². The Morgan fingerprint density at radius 2 is 2.05 bits per heavy atom. The molecule has 0 aromatic carbocycles. The third-order valence-electron chi connectivity index (χ3n) is 4.10. The summed E-state index contributed by atoms with van der Waals surface area (Å²) in [5.41, 5.74) is 0.449. The van der Waals surface area contributed by atoms with Crippen LogP contribution in [0.25, 0.3) is 0 Å². The molecule has 0 unspecified atom stereocenters. The molecule has 0 atom stereocenters. The number of rotatable bonds is 6. The van der Waals surface area contributed by atoms with Crippen molar-refractivity contribution in [1.82, 2.24) is 14.9 Å². The minimum absolute atomic E-state index is 0.0257. The van der Waals surface area contributed by atoms with Crippen LogP contribution in [0.3, 0.4) is 0 Å². The summed E-state index contributed by atoms with van der Waals surface area (Å²) in [6.45, 7) is 5.20. The zero-order chi connectivity index (χ0) is 15.2. The second-order valence-electron chi connectivity index (χ2n) is 6.16. The molecule has 21 heavy (non-hydrogen) atoms. The minimum Gasteiger partial charge on any atom is -0.372 e. The van der Waals surface area contributed by atoms with Crippen molar-refractivity contribution in [1.29, 1.82) is 0 Å². The number of nitrogens with zero attached hydrogens (tertiary/aromatic N) is 3. The lowest BCUT2D eigenvalue weighted by atomic mass is 10.1. The van der Waals surface area contributed by atoms with E-state index in [4.69, 9.17) is 0 Å². The average Bonchev–Trinajstić information content (AvgIpc) is 3.01. The maximum absolute atomic E-state index is 12.7. The van der Waals surface area contributed by atoms with E-state index >= 15 is 0 Å².